The highest BCUT2D eigenvalue weighted by Crippen LogP contribution is 2.27. The molecule has 0 atom stereocenters. The van der Waals surface area contributed by atoms with Crippen LogP contribution in [0.3, 0.4) is 0 Å². The van der Waals surface area contributed by atoms with Crippen LogP contribution in [0.25, 0.3) is 5.57 Å². The molecule has 0 aliphatic carbocycles. The number of ether oxygens (including phenoxy) is 1. The van der Waals surface area contributed by atoms with E-state index >= 15 is 0 Å². The number of hydrogen-bond acceptors (Lipinski definition) is 3. The van der Waals surface area contributed by atoms with Crippen molar-refractivity contribution < 1.29 is 9.53 Å². The van der Waals surface area contributed by atoms with Crippen LogP contribution in [0.5, 0.6) is 0 Å². The quantitative estimate of drug-likeness (QED) is 0.488. The van der Waals surface area contributed by atoms with Gasteiger partial charge in [-0.05, 0) is 18.1 Å². The van der Waals surface area contributed by atoms with Gasteiger partial charge >= 0.3 is 5.97 Å². The topological polar surface area (TPSA) is 50.1 Å². The summed E-state index contributed by atoms with van der Waals surface area (Å²) >= 11 is 0. The largest absolute Gasteiger partial charge is 0.462 e. The molecule has 0 N–H and O–H groups in total. The summed E-state index contributed by atoms with van der Waals surface area (Å²) in [7, 11) is 0. The second-order valence-electron chi connectivity index (χ2n) is 4.23. The van der Waals surface area contributed by atoms with E-state index in [0.717, 1.165) is 11.1 Å². The molecule has 0 amide bonds. The molecule has 2 rings (SSSR count). The average molecular weight is 276 g/mol. The number of benzene rings is 2. The molecule has 0 saturated carbocycles. The van der Waals surface area contributed by atoms with Gasteiger partial charge in [0.25, 0.3) is 0 Å². The van der Waals surface area contributed by atoms with E-state index in [4.69, 9.17) is 4.74 Å². The first kappa shape index (κ1) is 14.5. The zero-order valence-corrected chi connectivity index (χ0v) is 11.5. The predicted octanol–water partition coefficient (Wildman–Crippen LogP) is 3.39. The van der Waals surface area contributed by atoms with Crippen molar-refractivity contribution in [2.24, 2.45) is 0 Å². The van der Waals surface area contributed by atoms with Crippen LogP contribution in [-0.4, -0.2) is 12.6 Å². The van der Waals surface area contributed by atoms with Crippen LogP contribution < -0.4 is 0 Å². The molecule has 0 fully saturated rings. The number of hydrogen-bond donors (Lipinski definition) is 0. The summed E-state index contributed by atoms with van der Waals surface area (Å²) in [5, 5.41) is 9.39. The highest BCUT2D eigenvalue weighted by molar-refractivity contribution is 6.05. The van der Waals surface area contributed by atoms with Crippen molar-refractivity contribution >= 4 is 11.5 Å². The van der Waals surface area contributed by atoms with Gasteiger partial charge in [0, 0.05) is 5.57 Å². The summed E-state index contributed by atoms with van der Waals surface area (Å²) in [4.78, 5) is 12.0. The molecule has 0 unspecified atom stereocenters. The Morgan fingerprint density at radius 2 is 1.48 bits per heavy atom. The van der Waals surface area contributed by atoms with Gasteiger partial charge in [0.15, 0.2) is 0 Å². The van der Waals surface area contributed by atoms with Gasteiger partial charge < -0.3 is 4.74 Å². The molecule has 1 radical (unpaired) electrons. The Bertz CT molecular complexity index is 641. The third-order valence-corrected chi connectivity index (χ3v) is 2.92. The Labute approximate surface area is 124 Å². The standard InChI is InChI=1S/C18H14NO2/c1-2-21-18(20)16(13-19)17(14-9-5-3-6-10-14)15-11-7-4-8-12-15/h3-12H,1-2H2. The lowest BCUT2D eigenvalue weighted by Gasteiger charge is -2.11. The van der Waals surface area contributed by atoms with E-state index in [1.54, 1.807) is 0 Å². The van der Waals surface area contributed by atoms with Crippen LogP contribution in [-0.2, 0) is 9.53 Å². The van der Waals surface area contributed by atoms with Crippen molar-refractivity contribution in [2.75, 3.05) is 6.61 Å². The van der Waals surface area contributed by atoms with Gasteiger partial charge in [-0.15, -0.1) is 0 Å². The third kappa shape index (κ3) is 3.37. The summed E-state index contributed by atoms with van der Waals surface area (Å²) in [6.07, 6.45) is 0. The van der Waals surface area contributed by atoms with Crippen LogP contribution in [0.2, 0.25) is 0 Å². The van der Waals surface area contributed by atoms with E-state index in [0.29, 0.717) is 5.57 Å². The maximum Gasteiger partial charge on any atom is 0.349 e. The lowest BCUT2D eigenvalue weighted by atomic mass is 9.93. The van der Waals surface area contributed by atoms with E-state index in [1.807, 2.05) is 66.7 Å². The van der Waals surface area contributed by atoms with E-state index in [-0.39, 0.29) is 12.2 Å². The predicted molar refractivity (Wildman–Crippen MR) is 80.8 cm³/mol. The lowest BCUT2D eigenvalue weighted by Crippen LogP contribution is -2.09. The summed E-state index contributed by atoms with van der Waals surface area (Å²) in [5.74, 6) is -0.657. The molecular formula is C18H14NO2. The molecule has 2 aromatic carbocycles. The minimum absolute atomic E-state index is 0.0130. The number of esters is 1. The Morgan fingerprint density at radius 1 is 1.00 bits per heavy atom. The van der Waals surface area contributed by atoms with Crippen LogP contribution in [0, 0.1) is 18.3 Å². The second-order valence-corrected chi connectivity index (χ2v) is 4.23. The second kappa shape index (κ2) is 7.06. The van der Waals surface area contributed by atoms with E-state index < -0.39 is 5.97 Å². The zero-order valence-electron chi connectivity index (χ0n) is 11.5. The zero-order chi connectivity index (χ0) is 15.1. The monoisotopic (exact) mass is 276 g/mol. The average Bonchev–Trinajstić information content (AvgIpc) is 2.54. The number of rotatable bonds is 4. The summed E-state index contributed by atoms with van der Waals surface area (Å²) in [6, 6.07) is 20.6. The Morgan fingerprint density at radius 3 is 1.86 bits per heavy atom. The van der Waals surface area contributed by atoms with Crippen LogP contribution >= 0.6 is 0 Å². The molecule has 0 heterocycles. The lowest BCUT2D eigenvalue weighted by molar-refractivity contribution is -0.137. The fourth-order valence-electron chi connectivity index (χ4n) is 2.03. The number of carbonyl (C=O) groups is 1. The molecule has 103 valence electrons. The molecule has 0 bridgehead atoms. The van der Waals surface area contributed by atoms with Gasteiger partial charge in [0.1, 0.15) is 11.6 Å². The summed E-state index contributed by atoms with van der Waals surface area (Å²) < 4.78 is 4.89. The number of nitrogens with zero attached hydrogens (tertiary/aromatic N) is 1. The number of carbonyl (C=O) groups excluding carboxylic acids is 1. The van der Waals surface area contributed by atoms with Crippen molar-refractivity contribution in [1.82, 2.24) is 0 Å². The minimum Gasteiger partial charge on any atom is -0.462 e. The molecule has 2 aromatic rings. The molecule has 0 aliphatic rings. The van der Waals surface area contributed by atoms with Crippen molar-refractivity contribution in [3.05, 3.63) is 84.3 Å². The number of nitriles is 1. The molecule has 0 saturated heterocycles. The van der Waals surface area contributed by atoms with Crippen molar-refractivity contribution in [3.8, 4) is 6.07 Å². The Hall–Kier alpha value is -2.86. The van der Waals surface area contributed by atoms with Gasteiger partial charge in [-0.2, -0.15) is 5.26 Å². The summed E-state index contributed by atoms with van der Waals surface area (Å²) in [6.45, 7) is 3.46. The van der Waals surface area contributed by atoms with Crippen LogP contribution in [0.4, 0.5) is 0 Å². The molecule has 0 aliphatic heterocycles. The molecule has 3 heteroatoms. The highest BCUT2D eigenvalue weighted by Gasteiger charge is 2.19. The van der Waals surface area contributed by atoms with Crippen LogP contribution in [0.1, 0.15) is 11.1 Å². The van der Waals surface area contributed by atoms with E-state index in [2.05, 4.69) is 6.92 Å². The Kier molecular flexibility index (Phi) is 4.89. The van der Waals surface area contributed by atoms with E-state index in [9.17, 15) is 10.1 Å². The fourth-order valence-corrected chi connectivity index (χ4v) is 2.03. The maximum atomic E-state index is 12.0. The van der Waals surface area contributed by atoms with Gasteiger partial charge in [-0.1, -0.05) is 60.7 Å². The summed E-state index contributed by atoms with van der Waals surface area (Å²) in [5.41, 5.74) is 2.13. The van der Waals surface area contributed by atoms with Crippen molar-refractivity contribution in [2.45, 2.75) is 0 Å². The van der Waals surface area contributed by atoms with Gasteiger partial charge in [-0.3, -0.25) is 0 Å². The van der Waals surface area contributed by atoms with Crippen molar-refractivity contribution in [1.29, 1.82) is 5.26 Å². The molecule has 3 nitrogen and oxygen atoms in total. The normalized spacial score (nSPS) is 9.52. The van der Waals surface area contributed by atoms with Crippen LogP contribution in [0.15, 0.2) is 66.2 Å². The molecular weight excluding hydrogens is 262 g/mol. The van der Waals surface area contributed by atoms with Gasteiger partial charge in [0.2, 0.25) is 0 Å². The first-order valence-electron chi connectivity index (χ1n) is 6.49. The minimum atomic E-state index is -0.657. The highest BCUT2D eigenvalue weighted by atomic mass is 16.5. The molecule has 0 aromatic heterocycles. The Balaban J connectivity index is 2.66. The van der Waals surface area contributed by atoms with Gasteiger partial charge in [-0.25, -0.2) is 4.79 Å². The van der Waals surface area contributed by atoms with E-state index in [1.165, 1.54) is 0 Å². The van der Waals surface area contributed by atoms with Gasteiger partial charge in [0.05, 0.1) is 6.61 Å². The smallest absolute Gasteiger partial charge is 0.349 e. The SMILES string of the molecule is [CH2]COC(=O)C(C#N)=C(c1ccccc1)c1ccccc1. The molecule has 21 heavy (non-hydrogen) atoms. The third-order valence-electron chi connectivity index (χ3n) is 2.92. The first-order valence-corrected chi connectivity index (χ1v) is 6.49. The fraction of sp³-hybridized carbons (Fsp3) is 0.0556. The maximum absolute atomic E-state index is 12.0. The van der Waals surface area contributed by atoms with Crippen molar-refractivity contribution in [3.63, 3.8) is 0 Å². The molecule has 0 spiro atoms. The first-order chi connectivity index (χ1) is 10.3.